The van der Waals surface area contributed by atoms with Crippen LogP contribution in [0.15, 0.2) is 75.9 Å². The van der Waals surface area contributed by atoms with Crippen molar-refractivity contribution in [3.05, 3.63) is 88.1 Å². The van der Waals surface area contributed by atoms with E-state index in [1.165, 1.54) is 18.2 Å². The van der Waals surface area contributed by atoms with Crippen molar-refractivity contribution in [1.29, 1.82) is 0 Å². The van der Waals surface area contributed by atoms with Crippen LogP contribution in [-0.2, 0) is 4.79 Å². The minimum absolute atomic E-state index is 0.00312. The van der Waals surface area contributed by atoms with E-state index in [9.17, 15) is 24.9 Å². The highest BCUT2D eigenvalue weighted by molar-refractivity contribution is 5.91. The van der Waals surface area contributed by atoms with Crippen LogP contribution >= 0.6 is 0 Å². The third-order valence-electron chi connectivity index (χ3n) is 6.91. The highest BCUT2D eigenvalue weighted by Crippen LogP contribution is 2.43. The number of benzene rings is 3. The first-order chi connectivity index (χ1) is 17.8. The molecule has 3 aromatic carbocycles. The summed E-state index contributed by atoms with van der Waals surface area (Å²) >= 11 is 0. The van der Waals surface area contributed by atoms with Gasteiger partial charge in [0.05, 0.1) is 0 Å². The molecule has 3 N–H and O–H groups in total. The van der Waals surface area contributed by atoms with Crippen molar-refractivity contribution in [3.8, 4) is 28.6 Å². The smallest absolute Gasteiger partial charge is 0.223 e. The standard InChI is InChI=1S/C29H28N2O6/c1-30-10-12-31(13-11-30)26(36)15-21(19-8-5-9-20(32)14-19)27-22(33)16-23(34)28-24(35)17-25(37-29(27)28)18-6-3-2-4-7-18/h2-9,14,16-17,21,32-34H,10-13,15H2,1H3/t21-/m0/s1. The molecule has 0 saturated carbocycles. The number of nitrogens with zero attached hydrogens (tertiary/aromatic N) is 2. The molecule has 0 radical (unpaired) electrons. The van der Waals surface area contributed by atoms with Gasteiger partial charge in [-0.1, -0.05) is 42.5 Å². The Morgan fingerprint density at radius 3 is 2.35 bits per heavy atom. The molecule has 1 aliphatic rings. The van der Waals surface area contributed by atoms with Crippen LogP contribution in [0.3, 0.4) is 0 Å². The van der Waals surface area contributed by atoms with Crippen LogP contribution in [0.25, 0.3) is 22.3 Å². The highest BCUT2D eigenvalue weighted by atomic mass is 16.3. The zero-order chi connectivity index (χ0) is 26.1. The van der Waals surface area contributed by atoms with E-state index in [0.29, 0.717) is 24.2 Å². The number of phenolic OH excluding ortho intramolecular Hbond substituents is 3. The number of carbonyl (C=O) groups excluding carboxylic acids is 1. The molecule has 37 heavy (non-hydrogen) atoms. The summed E-state index contributed by atoms with van der Waals surface area (Å²) in [5.41, 5.74) is 0.952. The van der Waals surface area contributed by atoms with Gasteiger partial charge in [0.2, 0.25) is 5.91 Å². The van der Waals surface area contributed by atoms with Gasteiger partial charge in [0.15, 0.2) is 5.43 Å². The lowest BCUT2D eigenvalue weighted by Crippen LogP contribution is -2.47. The third kappa shape index (κ3) is 4.88. The second-order valence-electron chi connectivity index (χ2n) is 9.41. The predicted molar refractivity (Wildman–Crippen MR) is 140 cm³/mol. The molecule has 0 bridgehead atoms. The summed E-state index contributed by atoms with van der Waals surface area (Å²) < 4.78 is 6.18. The quantitative estimate of drug-likeness (QED) is 0.381. The lowest BCUT2D eigenvalue weighted by Gasteiger charge is -2.33. The number of phenols is 3. The minimum atomic E-state index is -0.753. The van der Waals surface area contributed by atoms with Crippen molar-refractivity contribution in [2.24, 2.45) is 0 Å². The first-order valence-corrected chi connectivity index (χ1v) is 12.1. The van der Waals surface area contributed by atoms with E-state index in [1.807, 2.05) is 25.2 Å². The van der Waals surface area contributed by atoms with Crippen LogP contribution < -0.4 is 5.43 Å². The molecular weight excluding hydrogens is 472 g/mol. The largest absolute Gasteiger partial charge is 0.508 e. The van der Waals surface area contributed by atoms with Gasteiger partial charge in [-0.3, -0.25) is 9.59 Å². The van der Waals surface area contributed by atoms with E-state index in [-0.39, 0.29) is 46.1 Å². The van der Waals surface area contributed by atoms with Gasteiger partial charge < -0.3 is 29.5 Å². The van der Waals surface area contributed by atoms with E-state index in [0.717, 1.165) is 19.2 Å². The van der Waals surface area contributed by atoms with E-state index in [2.05, 4.69) is 4.90 Å². The van der Waals surface area contributed by atoms with Gasteiger partial charge in [-0.15, -0.1) is 0 Å². The first kappa shape index (κ1) is 24.4. The van der Waals surface area contributed by atoms with Crippen LogP contribution in [0.2, 0.25) is 0 Å². The fourth-order valence-corrected chi connectivity index (χ4v) is 4.89. The van der Waals surface area contributed by atoms with Crippen LogP contribution in [-0.4, -0.2) is 64.3 Å². The Labute approximate surface area is 213 Å². The number of amides is 1. The van der Waals surface area contributed by atoms with E-state index >= 15 is 0 Å². The highest BCUT2D eigenvalue weighted by Gasteiger charge is 2.30. The van der Waals surface area contributed by atoms with Gasteiger partial charge >= 0.3 is 0 Å². The molecule has 8 heteroatoms. The lowest BCUT2D eigenvalue weighted by atomic mass is 9.85. The van der Waals surface area contributed by atoms with Gasteiger partial charge in [0.25, 0.3) is 0 Å². The Bertz CT molecular complexity index is 1510. The molecule has 0 aliphatic carbocycles. The zero-order valence-electron chi connectivity index (χ0n) is 20.4. The lowest BCUT2D eigenvalue weighted by molar-refractivity contribution is -0.133. The van der Waals surface area contributed by atoms with Crippen LogP contribution in [0.5, 0.6) is 17.2 Å². The number of likely N-dealkylation sites (N-methyl/N-ethyl adjacent to an activating group) is 1. The SMILES string of the molecule is CN1CCN(C(=O)C[C@@H](c2cccc(O)c2)c2c(O)cc(O)c3c(=O)cc(-c4ccccc4)oc23)CC1. The van der Waals surface area contributed by atoms with Gasteiger partial charge in [0, 0.05) is 61.8 Å². The van der Waals surface area contributed by atoms with Gasteiger partial charge in [0.1, 0.15) is 34.0 Å². The normalized spacial score (nSPS) is 15.1. The molecule has 1 atom stereocenters. The third-order valence-corrected chi connectivity index (χ3v) is 6.91. The molecule has 1 aliphatic heterocycles. The first-order valence-electron chi connectivity index (χ1n) is 12.1. The number of piperazine rings is 1. The van der Waals surface area contributed by atoms with Crippen LogP contribution in [0, 0.1) is 0 Å². The van der Waals surface area contributed by atoms with Crippen LogP contribution in [0.4, 0.5) is 0 Å². The number of rotatable bonds is 5. The summed E-state index contributed by atoms with van der Waals surface area (Å²) in [6, 6.07) is 17.9. The summed E-state index contributed by atoms with van der Waals surface area (Å²) in [6.45, 7) is 2.67. The molecule has 0 spiro atoms. The van der Waals surface area contributed by atoms with Crippen molar-refractivity contribution in [1.82, 2.24) is 9.80 Å². The summed E-state index contributed by atoms with van der Waals surface area (Å²) in [5.74, 6) is -1.32. The maximum Gasteiger partial charge on any atom is 0.223 e. The summed E-state index contributed by atoms with van der Waals surface area (Å²) in [4.78, 5) is 30.5. The molecule has 190 valence electrons. The Morgan fingerprint density at radius 1 is 0.919 bits per heavy atom. The van der Waals surface area contributed by atoms with Crippen molar-refractivity contribution >= 4 is 16.9 Å². The Balaban J connectivity index is 1.70. The number of fused-ring (bicyclic) bond motifs is 1. The average molecular weight is 501 g/mol. The summed E-state index contributed by atoms with van der Waals surface area (Å²) in [7, 11) is 2.00. The Kier molecular flexibility index (Phi) is 6.58. The molecule has 2 heterocycles. The Hall–Kier alpha value is -4.30. The predicted octanol–water partition coefficient (Wildman–Crippen LogP) is 3.87. The van der Waals surface area contributed by atoms with Gasteiger partial charge in [-0.25, -0.2) is 0 Å². The van der Waals surface area contributed by atoms with Crippen molar-refractivity contribution in [2.45, 2.75) is 12.3 Å². The fourth-order valence-electron chi connectivity index (χ4n) is 4.89. The van der Waals surface area contributed by atoms with Gasteiger partial charge in [-0.05, 0) is 24.7 Å². The maximum absolute atomic E-state index is 13.4. The molecule has 0 unspecified atom stereocenters. The Morgan fingerprint density at radius 2 is 1.65 bits per heavy atom. The van der Waals surface area contributed by atoms with E-state index in [4.69, 9.17) is 4.42 Å². The summed E-state index contributed by atoms with van der Waals surface area (Å²) in [6.07, 6.45) is -0.0279. The topological polar surface area (TPSA) is 114 Å². The van der Waals surface area contributed by atoms with Crippen LogP contribution in [0.1, 0.15) is 23.5 Å². The monoisotopic (exact) mass is 500 g/mol. The average Bonchev–Trinajstić information content (AvgIpc) is 2.88. The van der Waals surface area contributed by atoms with E-state index in [1.54, 1.807) is 29.2 Å². The molecule has 5 rings (SSSR count). The van der Waals surface area contributed by atoms with E-state index < -0.39 is 17.1 Å². The zero-order valence-corrected chi connectivity index (χ0v) is 20.4. The summed E-state index contributed by atoms with van der Waals surface area (Å²) in [5, 5.41) is 31.8. The van der Waals surface area contributed by atoms with Gasteiger partial charge in [-0.2, -0.15) is 0 Å². The molecule has 1 amide bonds. The molecule has 1 aromatic heterocycles. The molecule has 4 aromatic rings. The molecule has 1 saturated heterocycles. The number of aromatic hydroxyl groups is 3. The second kappa shape index (κ2) is 9.99. The maximum atomic E-state index is 13.4. The van der Waals surface area contributed by atoms with Crippen molar-refractivity contribution in [3.63, 3.8) is 0 Å². The second-order valence-corrected chi connectivity index (χ2v) is 9.41. The minimum Gasteiger partial charge on any atom is -0.508 e. The molecule has 1 fully saturated rings. The number of hydrogen-bond acceptors (Lipinski definition) is 7. The molecular formula is C29H28N2O6. The molecule has 8 nitrogen and oxygen atoms in total. The fraction of sp³-hybridized carbons (Fsp3) is 0.241. The number of carbonyl (C=O) groups is 1. The van der Waals surface area contributed by atoms with Crippen molar-refractivity contribution in [2.75, 3.05) is 33.2 Å². The van der Waals surface area contributed by atoms with Crippen molar-refractivity contribution < 1.29 is 24.5 Å². The number of hydrogen-bond donors (Lipinski definition) is 3.